The molecule has 0 saturated carbocycles. The minimum atomic E-state index is 0.604. The largest absolute Gasteiger partial charge is 0.497 e. The van der Waals surface area contributed by atoms with Gasteiger partial charge in [-0.2, -0.15) is 0 Å². The second kappa shape index (κ2) is 10.6. The summed E-state index contributed by atoms with van der Waals surface area (Å²) in [7, 11) is 3.28. The van der Waals surface area contributed by atoms with Gasteiger partial charge in [-0.05, 0) is 48.5 Å². The molecule has 1 aliphatic heterocycles. The summed E-state index contributed by atoms with van der Waals surface area (Å²) >= 11 is 0. The zero-order valence-electron chi connectivity index (χ0n) is 20.0. The summed E-state index contributed by atoms with van der Waals surface area (Å²) in [5.41, 5.74) is 6.00. The van der Waals surface area contributed by atoms with E-state index in [1.807, 2.05) is 109 Å². The van der Waals surface area contributed by atoms with Gasteiger partial charge < -0.3 is 9.47 Å². The van der Waals surface area contributed by atoms with Crippen LogP contribution in [0.2, 0.25) is 0 Å². The highest BCUT2D eigenvalue weighted by Crippen LogP contribution is 2.20. The number of hydrogen-bond acceptors (Lipinski definition) is 6. The van der Waals surface area contributed by atoms with Crippen LogP contribution in [0.15, 0.2) is 130 Å². The second-order valence-corrected chi connectivity index (χ2v) is 7.98. The lowest BCUT2D eigenvalue weighted by Crippen LogP contribution is -2.22. The lowest BCUT2D eigenvalue weighted by atomic mass is 9.98. The smallest absolute Gasteiger partial charge is 0.121 e. The average Bonchev–Trinajstić information content (AvgIpc) is 2.94. The normalized spacial score (nSPS) is 16.3. The Kier molecular flexibility index (Phi) is 6.76. The predicted octanol–water partition coefficient (Wildman–Crippen LogP) is 5.80. The average molecular weight is 473 g/mol. The van der Waals surface area contributed by atoms with Crippen LogP contribution in [0, 0.1) is 0 Å². The maximum absolute atomic E-state index is 5.34. The van der Waals surface area contributed by atoms with Crippen LogP contribution in [0.4, 0.5) is 0 Å². The Bertz CT molecular complexity index is 1340. The molecule has 1 aliphatic rings. The molecule has 36 heavy (non-hydrogen) atoms. The van der Waals surface area contributed by atoms with Crippen LogP contribution in [-0.2, 0) is 0 Å². The molecule has 0 bridgehead atoms. The molecular formula is C30H24N4O2. The van der Waals surface area contributed by atoms with Crippen LogP contribution >= 0.6 is 0 Å². The lowest BCUT2D eigenvalue weighted by molar-refractivity contribution is 0.414. The summed E-state index contributed by atoms with van der Waals surface area (Å²) in [5.74, 6) is 1.51. The maximum atomic E-state index is 5.34. The van der Waals surface area contributed by atoms with Gasteiger partial charge >= 0.3 is 0 Å². The first-order valence-corrected chi connectivity index (χ1v) is 11.5. The van der Waals surface area contributed by atoms with E-state index in [4.69, 9.17) is 29.9 Å². The molecule has 0 N–H and O–H groups in total. The van der Waals surface area contributed by atoms with Crippen LogP contribution in [0.5, 0.6) is 11.5 Å². The minimum absolute atomic E-state index is 0.604. The third kappa shape index (κ3) is 4.83. The van der Waals surface area contributed by atoms with Crippen molar-refractivity contribution in [3.05, 3.63) is 131 Å². The lowest BCUT2D eigenvalue weighted by Gasteiger charge is -2.14. The molecule has 6 heteroatoms. The van der Waals surface area contributed by atoms with Crippen molar-refractivity contribution in [2.24, 2.45) is 20.4 Å². The van der Waals surface area contributed by atoms with Crippen LogP contribution in [-0.4, -0.2) is 37.1 Å². The van der Waals surface area contributed by atoms with E-state index in [0.29, 0.717) is 22.8 Å². The Morgan fingerprint density at radius 1 is 0.361 bits per heavy atom. The molecule has 4 aromatic rings. The highest BCUT2D eigenvalue weighted by atomic mass is 16.5. The Balaban J connectivity index is 1.72. The van der Waals surface area contributed by atoms with E-state index >= 15 is 0 Å². The van der Waals surface area contributed by atoms with Crippen molar-refractivity contribution in [3.8, 4) is 11.5 Å². The summed E-state index contributed by atoms with van der Waals surface area (Å²) in [6, 6.07) is 35.1. The predicted molar refractivity (Wildman–Crippen MR) is 145 cm³/mol. The molecule has 4 aromatic carbocycles. The Hall–Kier alpha value is -4.84. The Labute approximate surface area is 210 Å². The fourth-order valence-corrected chi connectivity index (χ4v) is 3.86. The number of ether oxygens (including phenoxy) is 2. The maximum Gasteiger partial charge on any atom is 0.121 e. The molecule has 5 rings (SSSR count). The number of hydrogen-bond donors (Lipinski definition) is 0. The molecule has 0 amide bonds. The second-order valence-electron chi connectivity index (χ2n) is 7.98. The van der Waals surface area contributed by atoms with Crippen LogP contribution in [0.3, 0.4) is 0 Å². The highest BCUT2D eigenvalue weighted by Gasteiger charge is 2.21. The van der Waals surface area contributed by atoms with Crippen molar-refractivity contribution in [1.29, 1.82) is 0 Å². The molecule has 0 aromatic heterocycles. The molecular weight excluding hydrogens is 448 g/mol. The quantitative estimate of drug-likeness (QED) is 0.356. The topological polar surface area (TPSA) is 67.9 Å². The van der Waals surface area contributed by atoms with Crippen molar-refractivity contribution in [3.63, 3.8) is 0 Å². The molecule has 0 spiro atoms. The zero-order chi connectivity index (χ0) is 24.7. The third-order valence-corrected chi connectivity index (χ3v) is 5.77. The van der Waals surface area contributed by atoms with Crippen LogP contribution in [0.1, 0.15) is 22.3 Å². The first-order valence-electron chi connectivity index (χ1n) is 11.5. The summed E-state index contributed by atoms with van der Waals surface area (Å²) in [5, 5.41) is 19.0. The van der Waals surface area contributed by atoms with Gasteiger partial charge in [-0.25, -0.2) is 0 Å². The van der Waals surface area contributed by atoms with E-state index in [1.54, 1.807) is 14.2 Å². The van der Waals surface area contributed by atoms with Gasteiger partial charge in [0.25, 0.3) is 0 Å². The van der Waals surface area contributed by atoms with Crippen molar-refractivity contribution < 1.29 is 9.47 Å². The fourth-order valence-electron chi connectivity index (χ4n) is 3.86. The molecule has 0 saturated heterocycles. The monoisotopic (exact) mass is 472 g/mol. The van der Waals surface area contributed by atoms with Crippen molar-refractivity contribution in [1.82, 2.24) is 0 Å². The van der Waals surface area contributed by atoms with Crippen molar-refractivity contribution in [2.45, 2.75) is 0 Å². The van der Waals surface area contributed by atoms with Gasteiger partial charge in [0.15, 0.2) is 0 Å². The van der Waals surface area contributed by atoms with E-state index < -0.39 is 0 Å². The molecule has 0 aliphatic carbocycles. The summed E-state index contributed by atoms with van der Waals surface area (Å²) < 4.78 is 10.7. The SMILES string of the molecule is COc1ccc(C2=N/N=C(c3ccccc3)\C(c3ccccc3)=N/N=C2c2ccc(OC)cc2)cc1. The minimum Gasteiger partial charge on any atom is -0.497 e. The van der Waals surface area contributed by atoms with Gasteiger partial charge in [0.1, 0.15) is 34.3 Å². The van der Waals surface area contributed by atoms with Gasteiger partial charge in [-0.15, -0.1) is 20.4 Å². The van der Waals surface area contributed by atoms with Gasteiger partial charge in [0.05, 0.1) is 14.2 Å². The summed E-state index contributed by atoms with van der Waals surface area (Å²) in [6.07, 6.45) is 0. The van der Waals surface area contributed by atoms with E-state index in [0.717, 1.165) is 33.8 Å². The molecule has 0 fully saturated rings. The molecule has 0 atom stereocenters. The Morgan fingerprint density at radius 2 is 0.639 bits per heavy atom. The number of benzene rings is 4. The van der Waals surface area contributed by atoms with E-state index in [1.165, 1.54) is 0 Å². The summed E-state index contributed by atoms with van der Waals surface area (Å²) in [6.45, 7) is 0. The molecule has 0 radical (unpaired) electrons. The number of methoxy groups -OCH3 is 2. The summed E-state index contributed by atoms with van der Waals surface area (Å²) in [4.78, 5) is 0. The van der Waals surface area contributed by atoms with Crippen LogP contribution in [0.25, 0.3) is 0 Å². The van der Waals surface area contributed by atoms with Crippen molar-refractivity contribution >= 4 is 22.8 Å². The fraction of sp³-hybridized carbons (Fsp3) is 0.0667. The number of rotatable bonds is 6. The van der Waals surface area contributed by atoms with Gasteiger partial charge in [-0.3, -0.25) is 0 Å². The standard InChI is InChI=1S/C30H24N4O2/c1-35-25-17-13-23(14-18-25)29-30(24-15-19-26(36-2)20-16-24)34-32-28(22-11-7-4-8-12-22)27(31-33-29)21-9-5-3-6-10-21/h3-20H,1-2H3/b28-27?,30-29?,31-27-,32-28-,33-29?,33-31?,34-30?,34-32?. The van der Waals surface area contributed by atoms with Gasteiger partial charge in [-0.1, -0.05) is 60.7 Å². The molecule has 176 valence electrons. The van der Waals surface area contributed by atoms with Crippen LogP contribution < -0.4 is 9.47 Å². The van der Waals surface area contributed by atoms with E-state index in [-0.39, 0.29) is 0 Å². The third-order valence-electron chi connectivity index (χ3n) is 5.77. The van der Waals surface area contributed by atoms with Gasteiger partial charge in [0.2, 0.25) is 0 Å². The Morgan fingerprint density at radius 3 is 0.917 bits per heavy atom. The molecule has 1 heterocycles. The van der Waals surface area contributed by atoms with E-state index in [9.17, 15) is 0 Å². The van der Waals surface area contributed by atoms with Crippen molar-refractivity contribution in [2.75, 3.05) is 14.2 Å². The zero-order valence-corrected chi connectivity index (χ0v) is 20.0. The molecule has 6 nitrogen and oxygen atoms in total. The van der Waals surface area contributed by atoms with Gasteiger partial charge in [0, 0.05) is 22.3 Å². The first kappa shape index (κ1) is 22.9. The van der Waals surface area contributed by atoms with E-state index in [2.05, 4.69) is 0 Å². The number of nitrogens with zero attached hydrogens (tertiary/aromatic N) is 4. The molecule has 0 unspecified atom stereocenters. The highest BCUT2D eigenvalue weighted by molar-refractivity contribution is 6.56. The first-order chi connectivity index (χ1) is 17.8.